The van der Waals surface area contributed by atoms with Crippen LogP contribution in [0, 0.1) is 5.92 Å². The summed E-state index contributed by atoms with van der Waals surface area (Å²) in [7, 11) is 0. The van der Waals surface area contributed by atoms with Gasteiger partial charge in [0.15, 0.2) is 10.9 Å². The molecule has 0 unspecified atom stereocenters. The van der Waals surface area contributed by atoms with Crippen molar-refractivity contribution in [3.05, 3.63) is 70.1 Å². The molecule has 0 bridgehead atoms. The van der Waals surface area contributed by atoms with Gasteiger partial charge in [0.1, 0.15) is 4.83 Å². The largest absolute Gasteiger partial charge is 0.378 e. The lowest BCUT2D eigenvalue weighted by atomic mass is 9.88. The fourth-order valence-corrected chi connectivity index (χ4v) is 7.21. The number of thiophene rings is 1. The van der Waals surface area contributed by atoms with E-state index >= 15 is 0 Å². The zero-order valence-electron chi connectivity index (χ0n) is 20.7. The number of amides is 1. The van der Waals surface area contributed by atoms with Gasteiger partial charge in [-0.1, -0.05) is 22.9 Å². The van der Waals surface area contributed by atoms with Crippen molar-refractivity contribution in [3.63, 3.8) is 0 Å². The summed E-state index contributed by atoms with van der Waals surface area (Å²) < 4.78 is 6.46. The Hall–Kier alpha value is -2.98. The number of halogens is 1. The fraction of sp³-hybridized carbons (Fsp3) is 0.321. The van der Waals surface area contributed by atoms with E-state index in [4.69, 9.17) is 21.3 Å². The zero-order chi connectivity index (χ0) is 26.1. The number of carbonyl (C=O) groups excluding carboxylic acids is 2. The van der Waals surface area contributed by atoms with Crippen molar-refractivity contribution in [2.75, 3.05) is 54.5 Å². The number of nitrogens with zero attached hydrogens (tertiary/aromatic N) is 3. The van der Waals surface area contributed by atoms with Crippen molar-refractivity contribution in [1.82, 2.24) is 4.98 Å². The summed E-state index contributed by atoms with van der Waals surface area (Å²) in [6.07, 6.45) is 1.63. The van der Waals surface area contributed by atoms with Crippen molar-refractivity contribution >= 4 is 72.0 Å². The lowest BCUT2D eigenvalue weighted by molar-refractivity contribution is 0.0900. The predicted octanol–water partition coefficient (Wildman–Crippen LogP) is 6.20. The monoisotopic (exact) mass is 566 g/mol. The summed E-state index contributed by atoms with van der Waals surface area (Å²) in [5.74, 6) is 0.105. The molecule has 1 amide bonds. The van der Waals surface area contributed by atoms with E-state index in [1.807, 2.05) is 42.5 Å². The molecule has 2 aromatic heterocycles. The molecule has 2 aliphatic rings. The fourth-order valence-electron chi connectivity index (χ4n) is 4.92. The van der Waals surface area contributed by atoms with Crippen LogP contribution in [0.1, 0.15) is 32.9 Å². The molecule has 4 heterocycles. The van der Waals surface area contributed by atoms with Gasteiger partial charge in [0, 0.05) is 54.1 Å². The van der Waals surface area contributed by atoms with Gasteiger partial charge in [-0.3, -0.25) is 9.59 Å². The number of thiazole rings is 1. The van der Waals surface area contributed by atoms with Crippen LogP contribution in [0.2, 0.25) is 5.02 Å². The predicted molar refractivity (Wildman–Crippen MR) is 156 cm³/mol. The van der Waals surface area contributed by atoms with Crippen molar-refractivity contribution in [3.8, 4) is 0 Å². The third kappa shape index (κ3) is 5.42. The molecule has 0 aliphatic carbocycles. The molecule has 2 saturated heterocycles. The number of nitrogens with one attached hydrogen (secondary N) is 1. The van der Waals surface area contributed by atoms with Gasteiger partial charge in [-0.2, -0.15) is 0 Å². The van der Waals surface area contributed by atoms with Crippen LogP contribution in [0.3, 0.4) is 0 Å². The number of Topliss-reactive ketones (excluding diaryl/α,β-unsaturated/α-hetero) is 1. The van der Waals surface area contributed by atoms with E-state index < -0.39 is 0 Å². The van der Waals surface area contributed by atoms with E-state index in [-0.39, 0.29) is 17.6 Å². The van der Waals surface area contributed by atoms with Gasteiger partial charge in [0.25, 0.3) is 5.91 Å². The van der Waals surface area contributed by atoms with Gasteiger partial charge in [0.05, 0.1) is 22.8 Å². The Kier molecular flexibility index (Phi) is 7.34. The number of piperidine rings is 1. The van der Waals surface area contributed by atoms with Crippen LogP contribution in [0.4, 0.5) is 16.5 Å². The molecule has 2 fully saturated rings. The van der Waals surface area contributed by atoms with E-state index in [1.54, 1.807) is 23.5 Å². The lowest BCUT2D eigenvalue weighted by Gasteiger charge is -2.33. The summed E-state index contributed by atoms with van der Waals surface area (Å²) in [5, 5.41) is 4.65. The highest BCUT2D eigenvalue weighted by molar-refractivity contribution is 7.29. The summed E-state index contributed by atoms with van der Waals surface area (Å²) in [4.78, 5) is 36.6. The average Bonchev–Trinajstić information content (AvgIpc) is 3.54. The second-order valence-electron chi connectivity index (χ2n) is 9.51. The van der Waals surface area contributed by atoms with Gasteiger partial charge < -0.3 is 19.9 Å². The van der Waals surface area contributed by atoms with Crippen LogP contribution < -0.4 is 15.1 Å². The number of ether oxygens (including phenoxy) is 1. The number of aromatic nitrogens is 1. The van der Waals surface area contributed by atoms with Crippen LogP contribution in [0.5, 0.6) is 0 Å². The number of carbonyl (C=O) groups is 2. The number of rotatable bonds is 6. The molecule has 10 heteroatoms. The highest BCUT2D eigenvalue weighted by atomic mass is 35.5. The first-order chi connectivity index (χ1) is 18.5. The molecule has 2 aromatic carbocycles. The highest BCUT2D eigenvalue weighted by Gasteiger charge is 2.26. The first-order valence-electron chi connectivity index (χ1n) is 12.7. The van der Waals surface area contributed by atoms with E-state index in [1.165, 1.54) is 11.3 Å². The van der Waals surface area contributed by atoms with Crippen molar-refractivity contribution in [2.24, 2.45) is 5.92 Å². The number of hydrogen-bond acceptors (Lipinski definition) is 8. The highest BCUT2D eigenvalue weighted by Crippen LogP contribution is 2.35. The maximum atomic E-state index is 12.9. The first-order valence-corrected chi connectivity index (χ1v) is 14.7. The Morgan fingerprint density at radius 1 is 0.921 bits per heavy atom. The summed E-state index contributed by atoms with van der Waals surface area (Å²) in [6.45, 7) is 4.79. The molecule has 0 radical (unpaired) electrons. The third-order valence-corrected chi connectivity index (χ3v) is 9.54. The van der Waals surface area contributed by atoms with Crippen molar-refractivity contribution in [1.29, 1.82) is 0 Å². The molecule has 1 N–H and O–H groups in total. The van der Waals surface area contributed by atoms with Crippen molar-refractivity contribution < 1.29 is 14.3 Å². The minimum atomic E-state index is -0.123. The smallest absolute Gasteiger partial charge is 0.265 e. The normalized spacial score (nSPS) is 16.7. The number of hydrogen-bond donors (Lipinski definition) is 1. The Morgan fingerprint density at radius 2 is 1.63 bits per heavy atom. The molecule has 2 aliphatic heterocycles. The molecule has 0 saturated carbocycles. The van der Waals surface area contributed by atoms with Crippen molar-refractivity contribution in [2.45, 2.75) is 12.8 Å². The molecular weight excluding hydrogens is 540 g/mol. The maximum absolute atomic E-state index is 12.9. The standard InChI is InChI=1S/C28H27ClN4O3S2/c29-20-3-1-18(2-4-20)25(34)19-9-11-32(12-10-19)22-7-5-21(6-8-22)30-26(35)23-17-24-27(37-23)31-28(38-24)33-13-15-36-16-14-33/h1-8,17,19H,9-16H2,(H,30,35). The molecule has 7 nitrogen and oxygen atoms in total. The molecule has 38 heavy (non-hydrogen) atoms. The summed E-state index contributed by atoms with van der Waals surface area (Å²) in [5.41, 5.74) is 2.58. The van der Waals surface area contributed by atoms with Gasteiger partial charge >= 0.3 is 0 Å². The zero-order valence-corrected chi connectivity index (χ0v) is 23.1. The molecule has 0 spiro atoms. The Bertz CT molecular complexity index is 1410. The van der Waals surface area contributed by atoms with E-state index in [0.29, 0.717) is 9.90 Å². The molecule has 4 aromatic rings. The SMILES string of the molecule is O=C(Nc1ccc(N2CCC(C(=O)c3ccc(Cl)cc3)CC2)cc1)c1cc2sc(N3CCOCC3)nc2s1. The van der Waals surface area contributed by atoms with Crippen LogP contribution in [0.25, 0.3) is 9.53 Å². The Balaban J connectivity index is 1.04. The number of fused-ring (bicyclic) bond motifs is 1. The number of benzene rings is 2. The third-order valence-electron chi connectivity index (χ3n) is 7.07. The van der Waals surface area contributed by atoms with E-state index in [2.05, 4.69) is 15.1 Å². The molecular formula is C28H27ClN4O3S2. The first kappa shape index (κ1) is 25.3. The van der Waals surface area contributed by atoms with Crippen LogP contribution >= 0.6 is 34.3 Å². The molecule has 196 valence electrons. The van der Waals surface area contributed by atoms with Gasteiger partial charge in [-0.25, -0.2) is 4.98 Å². The average molecular weight is 567 g/mol. The number of morpholine rings is 1. The molecule has 0 atom stereocenters. The van der Waals surface area contributed by atoms with Gasteiger partial charge in [-0.05, 0) is 67.4 Å². The van der Waals surface area contributed by atoms with Crippen LogP contribution in [0.15, 0.2) is 54.6 Å². The second-order valence-corrected chi connectivity index (χ2v) is 12.0. The van der Waals surface area contributed by atoms with Crippen LogP contribution in [-0.2, 0) is 4.74 Å². The summed E-state index contributed by atoms with van der Waals surface area (Å²) in [6, 6.07) is 17.0. The second kappa shape index (κ2) is 11.0. The van der Waals surface area contributed by atoms with Gasteiger partial charge in [0.2, 0.25) is 0 Å². The Morgan fingerprint density at radius 3 is 2.32 bits per heavy atom. The maximum Gasteiger partial charge on any atom is 0.265 e. The van der Waals surface area contributed by atoms with E-state index in [9.17, 15) is 9.59 Å². The minimum absolute atomic E-state index is 0.0332. The van der Waals surface area contributed by atoms with Crippen LogP contribution in [-0.4, -0.2) is 56.1 Å². The minimum Gasteiger partial charge on any atom is -0.378 e. The topological polar surface area (TPSA) is 74.8 Å². The summed E-state index contributed by atoms with van der Waals surface area (Å²) >= 11 is 9.00. The quantitative estimate of drug-likeness (QED) is 0.280. The van der Waals surface area contributed by atoms with E-state index in [0.717, 1.165) is 83.8 Å². The lowest BCUT2D eigenvalue weighted by Crippen LogP contribution is -2.36. The number of ketones is 1. The molecule has 6 rings (SSSR count). The van der Waals surface area contributed by atoms with Gasteiger partial charge in [-0.15, -0.1) is 11.3 Å². The Labute approximate surface area is 234 Å². The number of anilines is 3.